The molecule has 0 aliphatic heterocycles. The molecule has 2 N–H and O–H groups in total. The Morgan fingerprint density at radius 1 is 1.24 bits per heavy atom. The SMILES string of the molecule is CCN(c1ccccc1)C(CN)c1ccoc1. The zero-order valence-corrected chi connectivity index (χ0v) is 10.0. The monoisotopic (exact) mass is 230 g/mol. The number of nitrogens with two attached hydrogens (primary N) is 1. The van der Waals surface area contributed by atoms with Crippen molar-refractivity contribution >= 4 is 5.69 Å². The zero-order valence-electron chi connectivity index (χ0n) is 10.0. The highest BCUT2D eigenvalue weighted by Crippen LogP contribution is 2.26. The summed E-state index contributed by atoms with van der Waals surface area (Å²) in [6.45, 7) is 3.62. The minimum atomic E-state index is 0.168. The van der Waals surface area contributed by atoms with Crippen molar-refractivity contribution in [3.8, 4) is 0 Å². The summed E-state index contributed by atoms with van der Waals surface area (Å²) in [5, 5.41) is 0. The fraction of sp³-hybridized carbons (Fsp3) is 0.286. The number of hydrogen-bond donors (Lipinski definition) is 1. The summed E-state index contributed by atoms with van der Waals surface area (Å²) in [6.07, 6.45) is 3.46. The van der Waals surface area contributed by atoms with Crippen molar-refractivity contribution < 1.29 is 4.42 Å². The van der Waals surface area contributed by atoms with Crippen LogP contribution in [0.25, 0.3) is 0 Å². The second-order valence-electron chi connectivity index (χ2n) is 3.93. The van der Waals surface area contributed by atoms with Gasteiger partial charge >= 0.3 is 0 Å². The van der Waals surface area contributed by atoms with Crippen molar-refractivity contribution in [3.05, 3.63) is 54.5 Å². The largest absolute Gasteiger partial charge is 0.472 e. The summed E-state index contributed by atoms with van der Waals surface area (Å²) in [5.74, 6) is 0. The van der Waals surface area contributed by atoms with Gasteiger partial charge in [0, 0.05) is 24.3 Å². The van der Waals surface area contributed by atoms with E-state index >= 15 is 0 Å². The lowest BCUT2D eigenvalue weighted by molar-refractivity contribution is 0.554. The van der Waals surface area contributed by atoms with Gasteiger partial charge < -0.3 is 15.1 Å². The highest BCUT2D eigenvalue weighted by Gasteiger charge is 2.18. The summed E-state index contributed by atoms with van der Waals surface area (Å²) in [4.78, 5) is 2.28. The average molecular weight is 230 g/mol. The molecule has 3 nitrogen and oxygen atoms in total. The van der Waals surface area contributed by atoms with Crippen LogP contribution in [0.1, 0.15) is 18.5 Å². The molecule has 0 radical (unpaired) electrons. The molecular weight excluding hydrogens is 212 g/mol. The van der Waals surface area contributed by atoms with Crippen LogP contribution in [0.2, 0.25) is 0 Å². The maximum atomic E-state index is 5.89. The Morgan fingerprint density at radius 2 is 2.00 bits per heavy atom. The molecule has 2 aromatic rings. The Morgan fingerprint density at radius 3 is 2.53 bits per heavy atom. The minimum absolute atomic E-state index is 0.168. The van der Waals surface area contributed by atoms with Crippen molar-refractivity contribution in [2.45, 2.75) is 13.0 Å². The fourth-order valence-corrected chi connectivity index (χ4v) is 2.11. The topological polar surface area (TPSA) is 42.4 Å². The smallest absolute Gasteiger partial charge is 0.0955 e. The van der Waals surface area contributed by atoms with Gasteiger partial charge in [-0.05, 0) is 25.1 Å². The Kier molecular flexibility index (Phi) is 3.83. The second kappa shape index (κ2) is 5.55. The van der Waals surface area contributed by atoms with Crippen LogP contribution in [0.3, 0.4) is 0 Å². The minimum Gasteiger partial charge on any atom is -0.472 e. The van der Waals surface area contributed by atoms with Gasteiger partial charge in [-0.25, -0.2) is 0 Å². The molecule has 0 amide bonds. The van der Waals surface area contributed by atoms with Gasteiger partial charge in [-0.1, -0.05) is 18.2 Å². The van der Waals surface area contributed by atoms with Crippen LogP contribution in [0.5, 0.6) is 0 Å². The van der Waals surface area contributed by atoms with Gasteiger partial charge in [0.2, 0.25) is 0 Å². The van der Waals surface area contributed by atoms with Crippen LogP contribution in [-0.4, -0.2) is 13.1 Å². The molecule has 0 bridgehead atoms. The van der Waals surface area contributed by atoms with Gasteiger partial charge in [0.25, 0.3) is 0 Å². The molecule has 90 valence electrons. The van der Waals surface area contributed by atoms with Crippen LogP contribution >= 0.6 is 0 Å². The first-order chi connectivity index (χ1) is 8.36. The van der Waals surface area contributed by atoms with Gasteiger partial charge in [0.05, 0.1) is 18.6 Å². The summed E-state index contributed by atoms with van der Waals surface area (Å²) in [6, 6.07) is 12.5. The standard InChI is InChI=1S/C14H18N2O/c1-2-16(13-6-4-3-5-7-13)14(10-15)12-8-9-17-11-12/h3-9,11,14H,2,10,15H2,1H3. The third kappa shape index (κ3) is 2.50. The van der Waals surface area contributed by atoms with E-state index in [-0.39, 0.29) is 6.04 Å². The zero-order chi connectivity index (χ0) is 12.1. The van der Waals surface area contributed by atoms with Gasteiger partial charge in [-0.3, -0.25) is 0 Å². The van der Waals surface area contributed by atoms with Gasteiger partial charge in [0.1, 0.15) is 0 Å². The van der Waals surface area contributed by atoms with Crippen LogP contribution in [0.15, 0.2) is 53.3 Å². The van der Waals surface area contributed by atoms with Crippen LogP contribution < -0.4 is 10.6 Å². The molecule has 1 aromatic heterocycles. The highest BCUT2D eigenvalue weighted by molar-refractivity contribution is 5.48. The summed E-state index contributed by atoms with van der Waals surface area (Å²) >= 11 is 0. The number of likely N-dealkylation sites (N-methyl/N-ethyl adjacent to an activating group) is 1. The van der Waals surface area contributed by atoms with Crippen molar-refractivity contribution in [2.24, 2.45) is 5.73 Å². The maximum Gasteiger partial charge on any atom is 0.0955 e. The van der Waals surface area contributed by atoms with E-state index in [1.165, 1.54) is 5.69 Å². The first-order valence-electron chi connectivity index (χ1n) is 5.90. The fourth-order valence-electron chi connectivity index (χ4n) is 2.11. The number of rotatable bonds is 5. The van der Waals surface area contributed by atoms with E-state index in [0.29, 0.717) is 6.54 Å². The molecule has 1 aromatic carbocycles. The molecule has 2 rings (SSSR count). The van der Waals surface area contributed by atoms with Crippen molar-refractivity contribution in [1.29, 1.82) is 0 Å². The van der Waals surface area contributed by atoms with Gasteiger partial charge in [0.15, 0.2) is 0 Å². The predicted molar refractivity (Wildman–Crippen MR) is 70.0 cm³/mol. The Labute approximate surface area is 102 Å². The van der Waals surface area contributed by atoms with Gasteiger partial charge in [-0.15, -0.1) is 0 Å². The Hall–Kier alpha value is -1.74. The molecule has 0 fully saturated rings. The van der Waals surface area contributed by atoms with Crippen molar-refractivity contribution in [1.82, 2.24) is 0 Å². The molecule has 3 heteroatoms. The van der Waals surface area contributed by atoms with Crippen LogP contribution in [0, 0.1) is 0 Å². The lowest BCUT2D eigenvalue weighted by Crippen LogP contribution is -2.33. The van der Waals surface area contributed by atoms with E-state index in [2.05, 4.69) is 24.0 Å². The molecular formula is C14H18N2O. The number of anilines is 1. The van der Waals surface area contributed by atoms with E-state index < -0.39 is 0 Å². The molecule has 0 saturated carbocycles. The number of hydrogen-bond acceptors (Lipinski definition) is 3. The highest BCUT2D eigenvalue weighted by atomic mass is 16.3. The number of nitrogens with zero attached hydrogens (tertiary/aromatic N) is 1. The van der Waals surface area contributed by atoms with Crippen molar-refractivity contribution in [3.63, 3.8) is 0 Å². The normalized spacial score (nSPS) is 12.4. The molecule has 0 aliphatic carbocycles. The van der Waals surface area contributed by atoms with Crippen LogP contribution in [-0.2, 0) is 0 Å². The number of benzene rings is 1. The second-order valence-corrected chi connectivity index (χ2v) is 3.93. The third-order valence-electron chi connectivity index (χ3n) is 2.96. The Balaban J connectivity index is 2.28. The van der Waals surface area contributed by atoms with E-state index in [0.717, 1.165) is 12.1 Å². The molecule has 1 heterocycles. The van der Waals surface area contributed by atoms with E-state index in [1.807, 2.05) is 24.3 Å². The van der Waals surface area contributed by atoms with E-state index in [4.69, 9.17) is 10.2 Å². The van der Waals surface area contributed by atoms with E-state index in [1.54, 1.807) is 12.5 Å². The lowest BCUT2D eigenvalue weighted by Gasteiger charge is -2.31. The van der Waals surface area contributed by atoms with Crippen molar-refractivity contribution in [2.75, 3.05) is 18.0 Å². The lowest BCUT2D eigenvalue weighted by atomic mass is 10.1. The average Bonchev–Trinajstić information content (AvgIpc) is 2.90. The molecule has 0 saturated heterocycles. The van der Waals surface area contributed by atoms with Crippen LogP contribution in [0.4, 0.5) is 5.69 Å². The molecule has 1 atom stereocenters. The predicted octanol–water partition coefficient (Wildman–Crippen LogP) is 2.81. The molecule has 0 spiro atoms. The first kappa shape index (κ1) is 11.7. The Bertz CT molecular complexity index is 425. The number of para-hydroxylation sites is 1. The summed E-state index contributed by atoms with van der Waals surface area (Å²) in [7, 11) is 0. The summed E-state index contributed by atoms with van der Waals surface area (Å²) in [5.41, 5.74) is 8.20. The quantitative estimate of drug-likeness (QED) is 0.858. The third-order valence-corrected chi connectivity index (χ3v) is 2.96. The maximum absolute atomic E-state index is 5.89. The number of furan rings is 1. The van der Waals surface area contributed by atoms with E-state index in [9.17, 15) is 0 Å². The summed E-state index contributed by atoms with van der Waals surface area (Å²) < 4.78 is 5.15. The molecule has 0 aliphatic rings. The molecule has 1 unspecified atom stereocenters. The first-order valence-corrected chi connectivity index (χ1v) is 5.90. The molecule has 17 heavy (non-hydrogen) atoms. The van der Waals surface area contributed by atoms with Gasteiger partial charge in [-0.2, -0.15) is 0 Å².